The Morgan fingerprint density at radius 2 is 1.82 bits per heavy atom. The second-order valence-electron chi connectivity index (χ2n) is 7.31. The molecule has 0 aromatic heterocycles. The molecule has 2 fully saturated rings. The minimum absolute atomic E-state index is 0.568. The van der Waals surface area contributed by atoms with Crippen molar-refractivity contribution in [2.45, 2.75) is 65.7 Å². The van der Waals surface area contributed by atoms with Crippen LogP contribution < -0.4 is 0 Å². The Bertz CT molecular complexity index is 258. The molecule has 2 aliphatic carbocycles. The third-order valence-electron chi connectivity index (χ3n) is 5.92. The maximum atomic E-state index is 5.32. The van der Waals surface area contributed by atoms with Crippen molar-refractivity contribution in [1.82, 2.24) is 0 Å². The lowest BCUT2D eigenvalue weighted by molar-refractivity contribution is -0.0794. The van der Waals surface area contributed by atoms with Crippen LogP contribution in [0, 0.1) is 22.7 Å². The maximum absolute atomic E-state index is 5.32. The Morgan fingerprint density at radius 3 is 2.53 bits per heavy atom. The molecule has 2 aliphatic rings. The van der Waals surface area contributed by atoms with Gasteiger partial charge in [-0.1, -0.05) is 33.6 Å². The molecule has 17 heavy (non-hydrogen) atoms. The van der Waals surface area contributed by atoms with Gasteiger partial charge in [-0.3, -0.25) is 0 Å². The Kier molecular flexibility index (Phi) is 3.87. The van der Waals surface area contributed by atoms with Gasteiger partial charge in [0.1, 0.15) is 0 Å². The fourth-order valence-corrected chi connectivity index (χ4v) is 5.01. The largest absolute Gasteiger partial charge is 0.385 e. The van der Waals surface area contributed by atoms with E-state index in [0.29, 0.717) is 10.8 Å². The molecule has 3 atom stereocenters. The minimum atomic E-state index is 0.568. The fourth-order valence-electron chi connectivity index (χ4n) is 5.01. The van der Waals surface area contributed by atoms with Crippen molar-refractivity contribution in [3.8, 4) is 0 Å². The van der Waals surface area contributed by atoms with Crippen molar-refractivity contribution in [1.29, 1.82) is 0 Å². The van der Waals surface area contributed by atoms with Gasteiger partial charge in [-0.2, -0.15) is 0 Å². The van der Waals surface area contributed by atoms with E-state index in [4.69, 9.17) is 4.74 Å². The van der Waals surface area contributed by atoms with E-state index in [2.05, 4.69) is 20.8 Å². The van der Waals surface area contributed by atoms with Crippen LogP contribution in [0.1, 0.15) is 65.7 Å². The first-order valence-electron chi connectivity index (χ1n) is 7.49. The number of hydrogen-bond acceptors (Lipinski definition) is 1. The van der Waals surface area contributed by atoms with E-state index in [9.17, 15) is 0 Å². The first-order chi connectivity index (χ1) is 8.00. The van der Waals surface area contributed by atoms with Crippen molar-refractivity contribution in [3.05, 3.63) is 0 Å². The summed E-state index contributed by atoms with van der Waals surface area (Å²) < 4.78 is 5.32. The number of methoxy groups -OCH3 is 1. The summed E-state index contributed by atoms with van der Waals surface area (Å²) in [5.74, 6) is 1.85. The summed E-state index contributed by atoms with van der Waals surface area (Å²) in [6, 6.07) is 0. The van der Waals surface area contributed by atoms with Crippen LogP contribution in [-0.4, -0.2) is 13.7 Å². The predicted octanol–water partition coefficient (Wildman–Crippen LogP) is 4.66. The molecule has 0 heterocycles. The van der Waals surface area contributed by atoms with Crippen molar-refractivity contribution < 1.29 is 4.74 Å². The van der Waals surface area contributed by atoms with Crippen molar-refractivity contribution in [2.75, 3.05) is 13.7 Å². The summed E-state index contributed by atoms with van der Waals surface area (Å²) in [5.41, 5.74) is 1.16. The first kappa shape index (κ1) is 13.4. The summed E-state index contributed by atoms with van der Waals surface area (Å²) >= 11 is 0. The highest BCUT2D eigenvalue weighted by Gasteiger charge is 2.51. The minimum Gasteiger partial charge on any atom is -0.385 e. The maximum Gasteiger partial charge on any atom is 0.0465 e. The fraction of sp³-hybridized carbons (Fsp3) is 1.00. The third-order valence-corrected chi connectivity index (χ3v) is 5.92. The van der Waals surface area contributed by atoms with Gasteiger partial charge in [0.15, 0.2) is 0 Å². The van der Waals surface area contributed by atoms with Gasteiger partial charge >= 0.3 is 0 Å². The molecular formula is C16H30O. The lowest BCUT2D eigenvalue weighted by Crippen LogP contribution is -2.48. The summed E-state index contributed by atoms with van der Waals surface area (Å²) in [5, 5.41) is 0. The summed E-state index contributed by atoms with van der Waals surface area (Å²) in [6.07, 6.45) is 9.94. The highest BCUT2D eigenvalue weighted by molar-refractivity contribution is 5.00. The second kappa shape index (κ2) is 4.91. The average molecular weight is 238 g/mol. The monoisotopic (exact) mass is 238 g/mol. The zero-order chi connectivity index (χ0) is 12.5. The summed E-state index contributed by atoms with van der Waals surface area (Å²) in [6.45, 7) is 8.55. The second-order valence-corrected chi connectivity index (χ2v) is 7.31. The van der Waals surface area contributed by atoms with Crippen LogP contribution in [0.3, 0.4) is 0 Å². The van der Waals surface area contributed by atoms with Crippen LogP contribution in [-0.2, 0) is 4.74 Å². The molecule has 0 N–H and O–H groups in total. The molecule has 2 saturated carbocycles. The zero-order valence-corrected chi connectivity index (χ0v) is 12.2. The van der Waals surface area contributed by atoms with E-state index in [0.717, 1.165) is 18.4 Å². The standard InChI is InChI=1S/C16H30O/c1-15(2)10-6-11-16(3)13(9-12-17-4)7-5-8-14(15)16/h13-14H,5-12H2,1-4H3/t13-,14?,16-/m1/s1. The van der Waals surface area contributed by atoms with Gasteiger partial charge in [-0.05, 0) is 54.8 Å². The van der Waals surface area contributed by atoms with Gasteiger partial charge in [-0.15, -0.1) is 0 Å². The SMILES string of the molecule is COCC[C@H]1CCCC2C(C)(C)CCC[C@@]21C. The average Bonchev–Trinajstić information content (AvgIpc) is 2.26. The van der Waals surface area contributed by atoms with Crippen LogP contribution >= 0.6 is 0 Å². The number of rotatable bonds is 3. The smallest absolute Gasteiger partial charge is 0.0465 e. The molecule has 0 aliphatic heterocycles. The van der Waals surface area contributed by atoms with Crippen LogP contribution in [0.15, 0.2) is 0 Å². The lowest BCUT2D eigenvalue weighted by Gasteiger charge is -2.57. The molecule has 2 rings (SSSR count). The lowest BCUT2D eigenvalue weighted by atomic mass is 9.48. The van der Waals surface area contributed by atoms with Gasteiger partial charge in [0, 0.05) is 13.7 Å². The number of hydrogen-bond donors (Lipinski definition) is 0. The van der Waals surface area contributed by atoms with Gasteiger partial charge in [0.25, 0.3) is 0 Å². The summed E-state index contributed by atoms with van der Waals surface area (Å²) in [4.78, 5) is 0. The van der Waals surface area contributed by atoms with Gasteiger partial charge in [-0.25, -0.2) is 0 Å². The molecule has 0 radical (unpaired) electrons. The molecule has 1 nitrogen and oxygen atoms in total. The van der Waals surface area contributed by atoms with E-state index in [1.807, 2.05) is 7.11 Å². The molecule has 0 bridgehead atoms. The third kappa shape index (κ3) is 2.41. The molecule has 0 spiro atoms. The quantitative estimate of drug-likeness (QED) is 0.695. The normalized spacial score (nSPS) is 40.9. The molecule has 0 aromatic rings. The molecule has 0 saturated heterocycles. The van der Waals surface area contributed by atoms with Crippen LogP contribution in [0.25, 0.3) is 0 Å². The van der Waals surface area contributed by atoms with Crippen molar-refractivity contribution in [3.63, 3.8) is 0 Å². The van der Waals surface area contributed by atoms with Gasteiger partial charge in [0.05, 0.1) is 0 Å². The highest BCUT2D eigenvalue weighted by Crippen LogP contribution is 2.60. The van der Waals surface area contributed by atoms with E-state index in [-0.39, 0.29) is 0 Å². The van der Waals surface area contributed by atoms with Crippen LogP contribution in [0.4, 0.5) is 0 Å². The zero-order valence-electron chi connectivity index (χ0n) is 12.2. The van der Waals surface area contributed by atoms with Gasteiger partial charge in [0.2, 0.25) is 0 Å². The van der Waals surface area contributed by atoms with Crippen molar-refractivity contribution >= 4 is 0 Å². The Hall–Kier alpha value is -0.0400. The molecule has 1 unspecified atom stereocenters. The van der Waals surface area contributed by atoms with Crippen molar-refractivity contribution in [2.24, 2.45) is 22.7 Å². The van der Waals surface area contributed by atoms with Crippen LogP contribution in [0.2, 0.25) is 0 Å². The van der Waals surface area contributed by atoms with E-state index in [1.54, 1.807) is 0 Å². The molecule has 0 amide bonds. The molecule has 0 aromatic carbocycles. The molecular weight excluding hydrogens is 208 g/mol. The molecule has 100 valence electrons. The first-order valence-corrected chi connectivity index (χ1v) is 7.49. The number of fused-ring (bicyclic) bond motifs is 1. The highest BCUT2D eigenvalue weighted by atomic mass is 16.5. The van der Waals surface area contributed by atoms with Crippen LogP contribution in [0.5, 0.6) is 0 Å². The predicted molar refractivity (Wildman–Crippen MR) is 73.1 cm³/mol. The van der Waals surface area contributed by atoms with E-state index < -0.39 is 0 Å². The summed E-state index contributed by atoms with van der Waals surface area (Å²) in [7, 11) is 1.84. The molecule has 1 heteroatoms. The Labute approximate surface area is 107 Å². The number of ether oxygens (including phenoxy) is 1. The van der Waals surface area contributed by atoms with E-state index >= 15 is 0 Å². The Balaban J connectivity index is 2.15. The van der Waals surface area contributed by atoms with Gasteiger partial charge < -0.3 is 4.74 Å². The van der Waals surface area contributed by atoms with E-state index in [1.165, 1.54) is 44.9 Å². The topological polar surface area (TPSA) is 9.23 Å². The Morgan fingerprint density at radius 1 is 1.06 bits per heavy atom.